The molecule has 0 heterocycles. The van der Waals surface area contributed by atoms with E-state index in [9.17, 15) is 9.59 Å². The van der Waals surface area contributed by atoms with Crippen molar-refractivity contribution in [2.24, 2.45) is 0 Å². The molecule has 5 heteroatoms. The number of likely N-dealkylation sites (N-methyl/N-ethyl adjacent to an activating group) is 1. The predicted molar refractivity (Wildman–Crippen MR) is 56.7 cm³/mol. The lowest BCUT2D eigenvalue weighted by molar-refractivity contribution is -0.162. The van der Waals surface area contributed by atoms with Gasteiger partial charge < -0.3 is 9.94 Å². The van der Waals surface area contributed by atoms with E-state index < -0.39 is 18.0 Å². The van der Waals surface area contributed by atoms with Gasteiger partial charge in [-0.1, -0.05) is 18.2 Å². The fourth-order valence-electron chi connectivity index (χ4n) is 0.992. The molecule has 0 aliphatic rings. The number of rotatable bonds is 4. The van der Waals surface area contributed by atoms with E-state index in [0.717, 1.165) is 5.06 Å². The molecular weight excluding hydrogens is 210 g/mol. The summed E-state index contributed by atoms with van der Waals surface area (Å²) in [7, 11) is 1.40. The summed E-state index contributed by atoms with van der Waals surface area (Å²) in [4.78, 5) is 27.0. The highest BCUT2D eigenvalue weighted by molar-refractivity contribution is 5.89. The fourth-order valence-corrected chi connectivity index (χ4v) is 0.992. The van der Waals surface area contributed by atoms with Gasteiger partial charge in [-0.2, -0.15) is 0 Å². The lowest BCUT2D eigenvalue weighted by Crippen LogP contribution is -2.37. The van der Waals surface area contributed by atoms with E-state index in [1.165, 1.54) is 14.0 Å². The van der Waals surface area contributed by atoms with E-state index in [1.54, 1.807) is 30.3 Å². The molecule has 0 unspecified atom stereocenters. The van der Waals surface area contributed by atoms with Gasteiger partial charge in [0.25, 0.3) is 0 Å². The number of carbonyl (C=O) groups is 2. The van der Waals surface area contributed by atoms with Crippen LogP contribution in [0.4, 0.5) is 0 Å². The molecule has 86 valence electrons. The monoisotopic (exact) mass is 223 g/mol. The number of benzene rings is 1. The van der Waals surface area contributed by atoms with Gasteiger partial charge in [-0.3, -0.25) is 4.79 Å². The largest absolute Gasteiger partial charge is 0.480 e. The first-order chi connectivity index (χ1) is 7.52. The molecule has 0 saturated carbocycles. The van der Waals surface area contributed by atoms with Gasteiger partial charge in [-0.25, -0.2) is 4.79 Å². The van der Waals surface area contributed by atoms with Gasteiger partial charge in [0, 0.05) is 7.05 Å². The Balaban J connectivity index is 2.62. The standard InChI is InChI=1S/C11H13NO4/c1-8(10(13)14)12(2)16-11(15)9-6-4-3-5-7-9/h3-8H,1-2H3,(H,13,14)/t8-/m0/s1. The van der Waals surface area contributed by atoms with Crippen molar-refractivity contribution in [3.05, 3.63) is 35.9 Å². The molecule has 1 atom stereocenters. The molecule has 0 aromatic heterocycles. The number of hydrogen-bond donors (Lipinski definition) is 1. The molecule has 0 aliphatic heterocycles. The number of hydrogen-bond acceptors (Lipinski definition) is 4. The van der Waals surface area contributed by atoms with Gasteiger partial charge in [0.2, 0.25) is 0 Å². The second-order valence-corrected chi connectivity index (χ2v) is 3.31. The van der Waals surface area contributed by atoms with Gasteiger partial charge in [-0.15, -0.1) is 5.06 Å². The van der Waals surface area contributed by atoms with Crippen molar-refractivity contribution in [2.75, 3.05) is 7.05 Å². The van der Waals surface area contributed by atoms with Crippen LogP contribution in [-0.4, -0.2) is 35.2 Å². The lowest BCUT2D eigenvalue weighted by atomic mass is 10.2. The molecule has 0 fully saturated rings. The number of carboxylic acid groups (broad SMARTS) is 1. The molecule has 1 aromatic rings. The number of aliphatic carboxylic acids is 1. The maximum atomic E-state index is 11.5. The maximum Gasteiger partial charge on any atom is 0.357 e. The van der Waals surface area contributed by atoms with Gasteiger partial charge in [-0.05, 0) is 19.1 Å². The summed E-state index contributed by atoms with van der Waals surface area (Å²) in [6, 6.07) is 7.51. The van der Waals surface area contributed by atoms with Crippen LogP contribution in [0.2, 0.25) is 0 Å². The third-order valence-electron chi connectivity index (χ3n) is 2.14. The van der Waals surface area contributed by atoms with Crippen molar-refractivity contribution in [3.63, 3.8) is 0 Å². The minimum Gasteiger partial charge on any atom is -0.480 e. The highest BCUT2D eigenvalue weighted by Crippen LogP contribution is 2.04. The Morgan fingerprint density at radius 2 is 1.88 bits per heavy atom. The van der Waals surface area contributed by atoms with E-state index in [1.807, 2.05) is 0 Å². The Morgan fingerprint density at radius 3 is 2.38 bits per heavy atom. The summed E-state index contributed by atoms with van der Waals surface area (Å²) in [6.45, 7) is 1.43. The fraction of sp³-hybridized carbons (Fsp3) is 0.273. The third-order valence-corrected chi connectivity index (χ3v) is 2.14. The number of carboxylic acids is 1. The van der Waals surface area contributed by atoms with Crippen LogP contribution in [0.3, 0.4) is 0 Å². The van der Waals surface area contributed by atoms with E-state index in [0.29, 0.717) is 5.56 Å². The number of hydroxylamine groups is 2. The van der Waals surface area contributed by atoms with Crippen LogP contribution in [0.15, 0.2) is 30.3 Å². The summed E-state index contributed by atoms with van der Waals surface area (Å²) < 4.78 is 0. The zero-order valence-corrected chi connectivity index (χ0v) is 9.08. The Labute approximate surface area is 93.2 Å². The van der Waals surface area contributed by atoms with Crippen LogP contribution < -0.4 is 0 Å². The molecule has 0 radical (unpaired) electrons. The normalized spacial score (nSPS) is 12.2. The summed E-state index contributed by atoms with van der Waals surface area (Å²) in [5.41, 5.74) is 0.381. The molecule has 1 rings (SSSR count). The van der Waals surface area contributed by atoms with Crippen molar-refractivity contribution in [2.45, 2.75) is 13.0 Å². The summed E-state index contributed by atoms with van der Waals surface area (Å²) >= 11 is 0. The lowest BCUT2D eigenvalue weighted by Gasteiger charge is -2.19. The molecule has 0 saturated heterocycles. The van der Waals surface area contributed by atoms with E-state index >= 15 is 0 Å². The Hall–Kier alpha value is -1.88. The van der Waals surface area contributed by atoms with Gasteiger partial charge >= 0.3 is 11.9 Å². The van der Waals surface area contributed by atoms with Gasteiger partial charge in [0.05, 0.1) is 5.56 Å². The van der Waals surface area contributed by atoms with Crippen molar-refractivity contribution in [1.82, 2.24) is 5.06 Å². The maximum absolute atomic E-state index is 11.5. The molecule has 0 spiro atoms. The average Bonchev–Trinajstić information content (AvgIpc) is 2.28. The topological polar surface area (TPSA) is 66.8 Å². The van der Waals surface area contributed by atoms with Crippen molar-refractivity contribution < 1.29 is 19.5 Å². The highest BCUT2D eigenvalue weighted by Gasteiger charge is 2.21. The Morgan fingerprint density at radius 1 is 1.31 bits per heavy atom. The molecule has 0 bridgehead atoms. The Bertz CT molecular complexity index is 377. The van der Waals surface area contributed by atoms with Crippen molar-refractivity contribution in [1.29, 1.82) is 0 Å². The number of nitrogens with zero attached hydrogens (tertiary/aromatic N) is 1. The molecule has 1 N–H and O–H groups in total. The number of carbonyl (C=O) groups excluding carboxylic acids is 1. The molecule has 0 aliphatic carbocycles. The van der Waals surface area contributed by atoms with E-state index in [4.69, 9.17) is 9.94 Å². The smallest absolute Gasteiger partial charge is 0.357 e. The minimum atomic E-state index is -1.05. The first kappa shape index (κ1) is 12.2. The highest BCUT2D eigenvalue weighted by atomic mass is 16.7. The molecule has 16 heavy (non-hydrogen) atoms. The summed E-state index contributed by atoms with van der Waals surface area (Å²) in [5, 5.41) is 9.71. The minimum absolute atomic E-state index is 0.381. The second kappa shape index (κ2) is 5.27. The zero-order chi connectivity index (χ0) is 12.1. The first-order valence-corrected chi connectivity index (χ1v) is 4.75. The van der Waals surface area contributed by atoms with E-state index in [2.05, 4.69) is 0 Å². The zero-order valence-electron chi connectivity index (χ0n) is 9.08. The third kappa shape index (κ3) is 3.06. The van der Waals surface area contributed by atoms with Crippen LogP contribution in [0.25, 0.3) is 0 Å². The SMILES string of the molecule is C[C@@H](C(=O)O)N(C)OC(=O)c1ccccc1. The molecular formula is C11H13NO4. The predicted octanol–water partition coefficient (Wildman–Crippen LogP) is 1.16. The van der Waals surface area contributed by atoms with Crippen LogP contribution in [-0.2, 0) is 9.63 Å². The molecule has 0 amide bonds. The van der Waals surface area contributed by atoms with Crippen LogP contribution in [0, 0.1) is 0 Å². The van der Waals surface area contributed by atoms with Crippen molar-refractivity contribution >= 4 is 11.9 Å². The molecule has 1 aromatic carbocycles. The first-order valence-electron chi connectivity index (χ1n) is 4.75. The quantitative estimate of drug-likeness (QED) is 0.776. The van der Waals surface area contributed by atoms with Crippen LogP contribution in [0.5, 0.6) is 0 Å². The molecule has 5 nitrogen and oxygen atoms in total. The van der Waals surface area contributed by atoms with E-state index in [-0.39, 0.29) is 0 Å². The second-order valence-electron chi connectivity index (χ2n) is 3.31. The van der Waals surface area contributed by atoms with Crippen molar-refractivity contribution in [3.8, 4) is 0 Å². The summed E-state index contributed by atoms with van der Waals surface area (Å²) in [5.74, 6) is -1.63. The van der Waals surface area contributed by atoms with Gasteiger partial charge in [0.1, 0.15) is 6.04 Å². The Kier molecular flexibility index (Phi) is 4.02. The van der Waals surface area contributed by atoms with Crippen LogP contribution in [0.1, 0.15) is 17.3 Å². The summed E-state index contributed by atoms with van der Waals surface area (Å²) in [6.07, 6.45) is 0. The van der Waals surface area contributed by atoms with Gasteiger partial charge in [0.15, 0.2) is 0 Å². The van der Waals surface area contributed by atoms with Crippen LogP contribution >= 0.6 is 0 Å². The average molecular weight is 223 g/mol.